The molecule has 0 saturated heterocycles. The molecule has 40 heavy (non-hydrogen) atoms. The minimum absolute atomic E-state index is 0.266. The molecule has 1 aromatic carbocycles. The number of fused-ring (bicyclic) bond motifs is 1. The highest BCUT2D eigenvalue weighted by Crippen LogP contribution is 2.27. The van der Waals surface area contributed by atoms with Gasteiger partial charge in [0.05, 0.1) is 22.3 Å². The number of pyridine rings is 1. The highest BCUT2D eigenvalue weighted by molar-refractivity contribution is 5.91. The molecule has 4 rings (SSSR count). The summed E-state index contributed by atoms with van der Waals surface area (Å²) in [7, 11) is 0. The fraction of sp³-hybridized carbons (Fsp3) is 0.182. The zero-order chi connectivity index (χ0) is 28.8. The Morgan fingerprint density at radius 3 is 2.62 bits per heavy atom. The van der Waals surface area contributed by atoms with Crippen molar-refractivity contribution in [3.05, 3.63) is 101 Å². The third-order valence-electron chi connectivity index (χ3n) is 6.40. The van der Waals surface area contributed by atoms with E-state index in [0.717, 1.165) is 38.6 Å². The number of nitrogens with one attached hydrogen (secondary N) is 3. The molecule has 0 aliphatic heterocycles. The number of H-pyrrole nitrogens is 2. The van der Waals surface area contributed by atoms with E-state index in [0.29, 0.717) is 28.3 Å². The number of aromatic nitrogens is 5. The Hall–Kier alpha value is -4.96. The number of nitrogens with zero attached hydrogens (tertiary/aromatic N) is 3. The van der Waals surface area contributed by atoms with Crippen LogP contribution in [0.5, 0.6) is 0 Å². The molecule has 0 radical (unpaired) electrons. The largest absolute Gasteiger partial charge is 0.352 e. The van der Waals surface area contributed by atoms with Gasteiger partial charge in [0.15, 0.2) is 5.82 Å². The fourth-order valence-electron chi connectivity index (χ4n) is 4.14. The maximum absolute atomic E-state index is 13.9. The average Bonchev–Trinajstić information content (AvgIpc) is 3.55. The molecule has 202 valence electrons. The van der Waals surface area contributed by atoms with Gasteiger partial charge in [0.2, 0.25) is 0 Å². The Balaban J connectivity index is 1.80. The van der Waals surface area contributed by atoms with Crippen LogP contribution >= 0.6 is 0 Å². The van der Waals surface area contributed by atoms with E-state index in [2.05, 4.69) is 64.3 Å². The van der Waals surface area contributed by atoms with Gasteiger partial charge in [0, 0.05) is 22.7 Å². The number of rotatable bonds is 8. The minimum atomic E-state index is -0.330. The zero-order valence-corrected chi connectivity index (χ0v) is 23.5. The minimum Gasteiger partial charge on any atom is -0.352 e. The lowest BCUT2D eigenvalue weighted by molar-refractivity contribution is 0.628. The monoisotopic (exact) mass is 532 g/mol. The first-order chi connectivity index (χ1) is 19.2. The van der Waals surface area contributed by atoms with Gasteiger partial charge in [-0.3, -0.25) is 10.1 Å². The Morgan fingerprint density at radius 1 is 1.15 bits per heavy atom. The molecule has 3 aromatic heterocycles. The van der Waals surface area contributed by atoms with Crippen LogP contribution in [0.25, 0.3) is 46.0 Å². The maximum atomic E-state index is 13.9. The number of hydrogen-bond acceptors (Lipinski definition) is 4. The number of allylic oxidation sites excluding steroid dienone is 6. The van der Waals surface area contributed by atoms with Crippen LogP contribution in [-0.4, -0.2) is 25.1 Å². The molecule has 4 aromatic rings. The van der Waals surface area contributed by atoms with Crippen LogP contribution in [0.1, 0.15) is 34.6 Å². The number of aromatic amines is 2. The Bertz CT molecular complexity index is 1840. The molecule has 3 heterocycles. The topological polar surface area (TPSA) is 82.3 Å². The molecule has 0 amide bonds. The second kappa shape index (κ2) is 12.3. The van der Waals surface area contributed by atoms with Crippen molar-refractivity contribution in [2.24, 2.45) is 5.92 Å². The lowest BCUT2D eigenvalue weighted by Crippen LogP contribution is -2.24. The van der Waals surface area contributed by atoms with Gasteiger partial charge in [-0.1, -0.05) is 57.2 Å². The van der Waals surface area contributed by atoms with Crippen LogP contribution in [0, 0.1) is 23.6 Å². The van der Waals surface area contributed by atoms with E-state index in [9.17, 15) is 4.39 Å². The van der Waals surface area contributed by atoms with Crippen LogP contribution in [0.15, 0.2) is 84.4 Å². The quantitative estimate of drug-likeness (QED) is 0.195. The highest BCUT2D eigenvalue weighted by atomic mass is 19.1. The summed E-state index contributed by atoms with van der Waals surface area (Å²) < 4.78 is 13.9. The summed E-state index contributed by atoms with van der Waals surface area (Å²) in [5, 5.41) is 12.7. The van der Waals surface area contributed by atoms with Crippen molar-refractivity contribution >= 4 is 23.2 Å². The van der Waals surface area contributed by atoms with E-state index in [1.807, 2.05) is 50.3 Å². The van der Waals surface area contributed by atoms with Gasteiger partial charge < -0.3 is 10.3 Å². The summed E-state index contributed by atoms with van der Waals surface area (Å²) in [6, 6.07) is 8.17. The SMILES string of the molecule is C=C(/C=c1/c(-c2nc3c(-c4cccc(F)c4)nccc3[nH]2)n[nH]/c1=C/C)C(/C=C(\C#CC)NC(=C)C(C)C)=C/C. The summed E-state index contributed by atoms with van der Waals surface area (Å²) >= 11 is 0. The summed E-state index contributed by atoms with van der Waals surface area (Å²) in [6.07, 6.45) is 9.57. The van der Waals surface area contributed by atoms with E-state index in [1.54, 1.807) is 19.2 Å². The second-order valence-corrected chi connectivity index (χ2v) is 9.49. The molecular weight excluding hydrogens is 499 g/mol. The molecule has 0 unspecified atom stereocenters. The van der Waals surface area contributed by atoms with Crippen LogP contribution in [0.2, 0.25) is 0 Å². The normalized spacial score (nSPS) is 13.1. The third kappa shape index (κ3) is 6.02. The number of halogens is 1. The predicted molar refractivity (Wildman–Crippen MR) is 162 cm³/mol. The van der Waals surface area contributed by atoms with Crippen molar-refractivity contribution in [2.45, 2.75) is 34.6 Å². The van der Waals surface area contributed by atoms with Crippen LogP contribution in [0.4, 0.5) is 4.39 Å². The Morgan fingerprint density at radius 2 is 1.95 bits per heavy atom. The maximum Gasteiger partial charge on any atom is 0.159 e. The molecular formula is C33H33FN6. The summed E-state index contributed by atoms with van der Waals surface area (Å²) in [5.74, 6) is 6.58. The molecule has 3 N–H and O–H groups in total. The molecule has 0 atom stereocenters. The van der Waals surface area contributed by atoms with Crippen molar-refractivity contribution in [2.75, 3.05) is 0 Å². The summed E-state index contributed by atoms with van der Waals surface area (Å²) in [6.45, 7) is 18.3. The first kappa shape index (κ1) is 28.1. The van der Waals surface area contributed by atoms with Crippen LogP contribution in [-0.2, 0) is 0 Å². The van der Waals surface area contributed by atoms with Crippen molar-refractivity contribution in [3.63, 3.8) is 0 Å². The van der Waals surface area contributed by atoms with E-state index >= 15 is 0 Å². The predicted octanol–water partition coefficient (Wildman–Crippen LogP) is 5.90. The van der Waals surface area contributed by atoms with Crippen LogP contribution < -0.4 is 15.9 Å². The molecule has 7 heteroatoms. The smallest absolute Gasteiger partial charge is 0.159 e. The van der Waals surface area contributed by atoms with Gasteiger partial charge in [0.25, 0.3) is 0 Å². The molecule has 0 fully saturated rings. The lowest BCUT2D eigenvalue weighted by atomic mass is 10.0. The standard InChI is InChI=1S/C33H33FN6/c1-8-12-26(36-22(7)20(4)5)19-23(9-2)21(6)17-27-28(10-3)39-40-31(27)33-37-29-15-16-35-30(32(29)38-33)24-13-11-14-25(34)18-24/h9-11,13-20,36,39H,6-7H2,1-5H3,(H,37,38)/b23-9+,26-19+,27-17+,28-10+. The van der Waals surface area contributed by atoms with Crippen molar-refractivity contribution < 1.29 is 4.39 Å². The zero-order valence-electron chi connectivity index (χ0n) is 23.5. The fourth-order valence-corrected chi connectivity index (χ4v) is 4.14. The first-order valence-corrected chi connectivity index (χ1v) is 13.0. The van der Waals surface area contributed by atoms with Crippen molar-refractivity contribution in [3.8, 4) is 34.6 Å². The van der Waals surface area contributed by atoms with E-state index in [1.165, 1.54) is 12.1 Å². The lowest BCUT2D eigenvalue weighted by Gasteiger charge is -2.13. The summed E-state index contributed by atoms with van der Waals surface area (Å²) in [5.41, 5.74) is 6.59. The van der Waals surface area contributed by atoms with Gasteiger partial charge in [-0.2, -0.15) is 5.10 Å². The van der Waals surface area contributed by atoms with E-state index in [4.69, 9.17) is 4.98 Å². The molecule has 0 aliphatic carbocycles. The first-order valence-electron chi connectivity index (χ1n) is 13.0. The highest BCUT2D eigenvalue weighted by Gasteiger charge is 2.15. The molecule has 6 nitrogen and oxygen atoms in total. The third-order valence-corrected chi connectivity index (χ3v) is 6.40. The number of imidazole rings is 1. The van der Waals surface area contributed by atoms with Gasteiger partial charge in [-0.05, 0) is 74.1 Å². The average molecular weight is 533 g/mol. The second-order valence-electron chi connectivity index (χ2n) is 9.49. The number of hydrogen-bond donors (Lipinski definition) is 3. The van der Waals surface area contributed by atoms with Gasteiger partial charge in [0.1, 0.15) is 17.0 Å². The summed E-state index contributed by atoms with van der Waals surface area (Å²) in [4.78, 5) is 12.7. The van der Waals surface area contributed by atoms with Gasteiger partial charge in [-0.15, -0.1) is 0 Å². The Labute approximate surface area is 233 Å². The molecule has 0 saturated carbocycles. The van der Waals surface area contributed by atoms with E-state index in [-0.39, 0.29) is 11.7 Å². The van der Waals surface area contributed by atoms with Crippen molar-refractivity contribution in [1.29, 1.82) is 0 Å². The van der Waals surface area contributed by atoms with Crippen molar-refractivity contribution in [1.82, 2.24) is 30.5 Å². The number of benzene rings is 1. The van der Waals surface area contributed by atoms with Gasteiger partial charge >= 0.3 is 0 Å². The molecule has 0 bridgehead atoms. The Kier molecular flexibility index (Phi) is 8.60. The van der Waals surface area contributed by atoms with E-state index < -0.39 is 0 Å². The van der Waals surface area contributed by atoms with Crippen LogP contribution in [0.3, 0.4) is 0 Å². The molecule has 0 aliphatic rings. The van der Waals surface area contributed by atoms with Gasteiger partial charge in [-0.25, -0.2) is 9.37 Å². The molecule has 0 spiro atoms.